The van der Waals surface area contributed by atoms with E-state index in [1.807, 2.05) is 17.5 Å². The molecule has 0 spiro atoms. The second-order valence-corrected chi connectivity index (χ2v) is 8.05. The fourth-order valence-electron chi connectivity index (χ4n) is 1.93. The Bertz CT molecular complexity index is 623. The van der Waals surface area contributed by atoms with Crippen LogP contribution in [0.2, 0.25) is 5.02 Å². The van der Waals surface area contributed by atoms with E-state index < -0.39 is 10.8 Å². The molecule has 1 aromatic carbocycles. The molecule has 3 rings (SSSR count). The summed E-state index contributed by atoms with van der Waals surface area (Å²) in [6, 6.07) is 7.26. The maximum Gasteiger partial charge on any atom is 0.140 e. The van der Waals surface area contributed by atoms with Gasteiger partial charge < -0.3 is 4.74 Å². The average Bonchev–Trinajstić information content (AvgIpc) is 3.16. The molecule has 6 heteroatoms. The maximum absolute atomic E-state index is 11.9. The summed E-state index contributed by atoms with van der Waals surface area (Å²) in [6.45, 7) is 0.432. The minimum Gasteiger partial charge on any atom is -0.486 e. The van der Waals surface area contributed by atoms with Crippen LogP contribution in [0, 0.1) is 5.92 Å². The first kappa shape index (κ1) is 15.0. The number of thiazole rings is 1. The molecule has 0 bridgehead atoms. The number of benzene rings is 1. The van der Waals surface area contributed by atoms with Crippen LogP contribution in [0.15, 0.2) is 29.6 Å². The number of ether oxygens (including phenoxy) is 1. The standard InChI is InChI=1S/C15H16ClNO2S2/c16-12-3-5-14(6-4-12)19-7-15-17-13(8-20-15)10-21(18)9-11-1-2-11/h3-6,8,11H,1-2,7,9-10H2/t21-/m1/s1. The first-order valence-electron chi connectivity index (χ1n) is 6.85. The summed E-state index contributed by atoms with van der Waals surface area (Å²) in [4.78, 5) is 4.48. The van der Waals surface area contributed by atoms with Gasteiger partial charge in [0.2, 0.25) is 0 Å². The van der Waals surface area contributed by atoms with Crippen LogP contribution in [-0.2, 0) is 23.2 Å². The number of hydrogen-bond acceptors (Lipinski definition) is 4. The predicted molar refractivity (Wildman–Crippen MR) is 87.3 cm³/mol. The number of nitrogens with zero attached hydrogens (tertiary/aromatic N) is 1. The van der Waals surface area contributed by atoms with Crippen LogP contribution < -0.4 is 4.74 Å². The molecular weight excluding hydrogens is 326 g/mol. The van der Waals surface area contributed by atoms with E-state index in [1.54, 1.807) is 23.5 Å². The van der Waals surface area contributed by atoms with E-state index in [4.69, 9.17) is 16.3 Å². The van der Waals surface area contributed by atoms with Crippen molar-refractivity contribution in [2.24, 2.45) is 5.92 Å². The quantitative estimate of drug-likeness (QED) is 0.763. The SMILES string of the molecule is O=[S@@](Cc1csc(COc2ccc(Cl)cc2)n1)CC1CC1. The van der Waals surface area contributed by atoms with E-state index in [-0.39, 0.29) is 0 Å². The molecule has 0 saturated heterocycles. The molecule has 0 radical (unpaired) electrons. The highest BCUT2D eigenvalue weighted by atomic mass is 35.5. The first-order chi connectivity index (χ1) is 10.2. The van der Waals surface area contributed by atoms with Crippen molar-refractivity contribution in [2.45, 2.75) is 25.2 Å². The Hall–Kier alpha value is -0.910. The molecule has 1 atom stereocenters. The van der Waals surface area contributed by atoms with Gasteiger partial charge in [0.25, 0.3) is 0 Å². The Kier molecular flexibility index (Phi) is 4.93. The third kappa shape index (κ3) is 4.80. The van der Waals surface area contributed by atoms with Crippen molar-refractivity contribution < 1.29 is 8.95 Å². The Morgan fingerprint density at radius 3 is 2.81 bits per heavy atom. The third-order valence-electron chi connectivity index (χ3n) is 3.20. The van der Waals surface area contributed by atoms with Crippen molar-refractivity contribution in [1.29, 1.82) is 0 Å². The minimum absolute atomic E-state index is 0.432. The number of hydrogen-bond donors (Lipinski definition) is 0. The highest BCUT2D eigenvalue weighted by molar-refractivity contribution is 7.84. The normalized spacial score (nSPS) is 15.9. The fourth-order valence-corrected chi connectivity index (χ4v) is 4.32. The van der Waals surface area contributed by atoms with E-state index in [9.17, 15) is 4.21 Å². The van der Waals surface area contributed by atoms with Crippen molar-refractivity contribution >= 4 is 33.7 Å². The number of aromatic nitrogens is 1. The van der Waals surface area contributed by atoms with Gasteiger partial charge in [0, 0.05) is 27.0 Å². The Morgan fingerprint density at radius 2 is 2.10 bits per heavy atom. The molecule has 1 aliphatic carbocycles. The molecule has 1 aliphatic rings. The van der Waals surface area contributed by atoms with Crippen LogP contribution in [0.3, 0.4) is 0 Å². The molecule has 1 saturated carbocycles. The van der Waals surface area contributed by atoms with Crippen molar-refractivity contribution in [3.8, 4) is 5.75 Å². The van der Waals surface area contributed by atoms with Gasteiger partial charge in [-0.25, -0.2) is 4.98 Å². The summed E-state index contributed by atoms with van der Waals surface area (Å²) in [5.74, 6) is 2.85. The summed E-state index contributed by atoms with van der Waals surface area (Å²) in [5, 5.41) is 3.58. The average molecular weight is 342 g/mol. The number of rotatable bonds is 7. The highest BCUT2D eigenvalue weighted by Crippen LogP contribution is 2.30. The van der Waals surface area contributed by atoms with Crippen LogP contribution in [0.4, 0.5) is 0 Å². The maximum atomic E-state index is 11.9. The summed E-state index contributed by atoms with van der Waals surface area (Å²) < 4.78 is 17.6. The lowest BCUT2D eigenvalue weighted by atomic mass is 10.3. The van der Waals surface area contributed by atoms with Gasteiger partial charge in [-0.2, -0.15) is 0 Å². The van der Waals surface area contributed by atoms with Crippen molar-refractivity contribution in [2.75, 3.05) is 5.75 Å². The summed E-state index contributed by atoms with van der Waals surface area (Å²) >= 11 is 7.38. The summed E-state index contributed by atoms with van der Waals surface area (Å²) in [7, 11) is -0.779. The zero-order valence-electron chi connectivity index (χ0n) is 11.5. The van der Waals surface area contributed by atoms with Crippen molar-refractivity contribution in [1.82, 2.24) is 4.98 Å². The van der Waals surface area contributed by atoms with Gasteiger partial charge in [-0.05, 0) is 43.0 Å². The zero-order valence-corrected chi connectivity index (χ0v) is 13.8. The molecule has 21 heavy (non-hydrogen) atoms. The molecule has 1 heterocycles. The molecule has 2 aromatic rings. The molecule has 0 aliphatic heterocycles. The van der Waals surface area contributed by atoms with Gasteiger partial charge in [0.1, 0.15) is 17.4 Å². The van der Waals surface area contributed by atoms with Gasteiger partial charge in [-0.15, -0.1) is 11.3 Å². The predicted octanol–water partition coefficient (Wildman–Crippen LogP) is 4.03. The lowest BCUT2D eigenvalue weighted by Crippen LogP contribution is -2.03. The molecule has 0 unspecified atom stereocenters. The van der Waals surface area contributed by atoms with E-state index in [0.29, 0.717) is 23.3 Å². The largest absolute Gasteiger partial charge is 0.486 e. The second-order valence-electron chi connectivity index (χ2n) is 5.17. The number of halogens is 1. The van der Waals surface area contributed by atoms with Crippen LogP contribution in [-0.4, -0.2) is 14.9 Å². The Labute approximate surface area is 135 Å². The van der Waals surface area contributed by atoms with Gasteiger partial charge >= 0.3 is 0 Å². The van der Waals surface area contributed by atoms with E-state index >= 15 is 0 Å². The topological polar surface area (TPSA) is 39.2 Å². The van der Waals surface area contributed by atoms with Gasteiger partial charge in [-0.3, -0.25) is 4.21 Å². The molecule has 0 N–H and O–H groups in total. The van der Waals surface area contributed by atoms with Crippen LogP contribution in [0.25, 0.3) is 0 Å². The molecular formula is C15H16ClNO2S2. The monoisotopic (exact) mass is 341 g/mol. The highest BCUT2D eigenvalue weighted by Gasteiger charge is 2.24. The smallest absolute Gasteiger partial charge is 0.140 e. The Balaban J connectivity index is 1.49. The molecule has 3 nitrogen and oxygen atoms in total. The molecule has 112 valence electrons. The molecule has 1 fully saturated rings. The van der Waals surface area contributed by atoms with Crippen LogP contribution >= 0.6 is 22.9 Å². The van der Waals surface area contributed by atoms with Crippen molar-refractivity contribution in [3.63, 3.8) is 0 Å². The van der Waals surface area contributed by atoms with E-state index in [1.165, 1.54) is 12.8 Å². The lowest BCUT2D eigenvalue weighted by molar-refractivity contribution is 0.305. The van der Waals surface area contributed by atoms with E-state index in [0.717, 1.165) is 22.2 Å². The van der Waals surface area contributed by atoms with Gasteiger partial charge in [0.15, 0.2) is 0 Å². The summed E-state index contributed by atoms with van der Waals surface area (Å²) in [6.07, 6.45) is 2.48. The van der Waals surface area contributed by atoms with Gasteiger partial charge in [-0.1, -0.05) is 11.6 Å². The zero-order chi connectivity index (χ0) is 14.7. The molecule has 0 amide bonds. The van der Waals surface area contributed by atoms with Crippen LogP contribution in [0.1, 0.15) is 23.5 Å². The van der Waals surface area contributed by atoms with Gasteiger partial charge in [0.05, 0.1) is 11.4 Å². The Morgan fingerprint density at radius 1 is 1.33 bits per heavy atom. The lowest BCUT2D eigenvalue weighted by Gasteiger charge is -2.03. The summed E-state index contributed by atoms with van der Waals surface area (Å²) in [5.41, 5.74) is 0.911. The first-order valence-corrected chi connectivity index (χ1v) is 9.60. The third-order valence-corrected chi connectivity index (χ3v) is 5.79. The van der Waals surface area contributed by atoms with Crippen molar-refractivity contribution in [3.05, 3.63) is 45.4 Å². The molecule has 1 aromatic heterocycles. The van der Waals surface area contributed by atoms with E-state index in [2.05, 4.69) is 4.98 Å². The minimum atomic E-state index is -0.779. The fraction of sp³-hybridized carbons (Fsp3) is 0.400. The van der Waals surface area contributed by atoms with Crippen LogP contribution in [0.5, 0.6) is 5.75 Å². The second kappa shape index (κ2) is 6.90.